The number of para-hydroxylation sites is 1. The van der Waals surface area contributed by atoms with Gasteiger partial charge >= 0.3 is 5.97 Å². The van der Waals surface area contributed by atoms with Crippen LogP contribution in [-0.4, -0.2) is 34.2 Å². The van der Waals surface area contributed by atoms with E-state index in [1.165, 1.54) is 36.3 Å². The standard InChI is InChI=1S/C21H16N4O4S2/c1-29-19(28)13-8-6-12(7-9-13)11-30-21-25-24-20(31-21)23-18(27)15-10-17(26)22-16-5-3-2-4-14(15)16/h2-10H,11H2,1H3,(H,22,26)(H,23,24,27). The van der Waals surface area contributed by atoms with E-state index >= 15 is 0 Å². The van der Waals surface area contributed by atoms with Gasteiger partial charge in [0.25, 0.3) is 5.91 Å². The van der Waals surface area contributed by atoms with Gasteiger partial charge in [0.15, 0.2) is 4.34 Å². The molecule has 2 aromatic heterocycles. The first-order valence-electron chi connectivity index (χ1n) is 9.10. The van der Waals surface area contributed by atoms with Crippen molar-refractivity contribution in [3.63, 3.8) is 0 Å². The van der Waals surface area contributed by atoms with E-state index in [1.807, 2.05) is 12.1 Å². The molecule has 0 spiro atoms. The monoisotopic (exact) mass is 452 g/mol. The molecule has 0 saturated heterocycles. The van der Waals surface area contributed by atoms with Crippen molar-refractivity contribution >= 4 is 51.0 Å². The Morgan fingerprint density at radius 3 is 2.68 bits per heavy atom. The number of pyridine rings is 1. The predicted molar refractivity (Wildman–Crippen MR) is 120 cm³/mol. The number of carbonyl (C=O) groups is 2. The summed E-state index contributed by atoms with van der Waals surface area (Å²) < 4.78 is 5.37. The second-order valence-electron chi connectivity index (χ2n) is 6.40. The third-order valence-electron chi connectivity index (χ3n) is 4.36. The van der Waals surface area contributed by atoms with Crippen LogP contribution >= 0.6 is 23.1 Å². The average molecular weight is 453 g/mol. The fraction of sp³-hybridized carbons (Fsp3) is 0.0952. The lowest BCUT2D eigenvalue weighted by Crippen LogP contribution is -2.16. The Balaban J connectivity index is 1.42. The van der Waals surface area contributed by atoms with Crippen molar-refractivity contribution in [1.82, 2.24) is 15.2 Å². The molecular formula is C21H16N4O4S2. The number of hydrogen-bond acceptors (Lipinski definition) is 8. The summed E-state index contributed by atoms with van der Waals surface area (Å²) in [6.45, 7) is 0. The molecule has 0 aliphatic rings. The molecule has 2 aromatic carbocycles. The van der Waals surface area contributed by atoms with E-state index in [0.717, 1.165) is 5.56 Å². The lowest BCUT2D eigenvalue weighted by molar-refractivity contribution is 0.0600. The highest BCUT2D eigenvalue weighted by atomic mass is 32.2. The molecule has 8 nitrogen and oxygen atoms in total. The summed E-state index contributed by atoms with van der Waals surface area (Å²) in [5, 5.41) is 11.8. The van der Waals surface area contributed by atoms with Crippen LogP contribution in [0, 0.1) is 0 Å². The van der Waals surface area contributed by atoms with Gasteiger partial charge in [-0.2, -0.15) is 0 Å². The normalized spacial score (nSPS) is 10.7. The van der Waals surface area contributed by atoms with Gasteiger partial charge in [-0.05, 0) is 23.8 Å². The number of amides is 1. The molecule has 1 amide bonds. The van der Waals surface area contributed by atoms with Crippen LogP contribution in [0.1, 0.15) is 26.3 Å². The number of nitrogens with zero attached hydrogens (tertiary/aromatic N) is 2. The lowest BCUT2D eigenvalue weighted by Gasteiger charge is -2.05. The number of aromatic nitrogens is 3. The van der Waals surface area contributed by atoms with Gasteiger partial charge in [0.1, 0.15) is 0 Å². The minimum Gasteiger partial charge on any atom is -0.465 e. The Labute approximate surface area is 184 Å². The summed E-state index contributed by atoms with van der Waals surface area (Å²) in [6, 6.07) is 15.5. The number of aromatic amines is 1. The maximum atomic E-state index is 12.7. The van der Waals surface area contributed by atoms with Gasteiger partial charge in [-0.1, -0.05) is 53.4 Å². The predicted octanol–water partition coefficient (Wildman–Crippen LogP) is 3.71. The second-order valence-corrected chi connectivity index (χ2v) is 8.60. The number of nitrogens with one attached hydrogen (secondary N) is 2. The summed E-state index contributed by atoms with van der Waals surface area (Å²) in [7, 11) is 1.34. The Hall–Kier alpha value is -3.50. The van der Waals surface area contributed by atoms with Gasteiger partial charge in [0, 0.05) is 22.7 Å². The van der Waals surface area contributed by atoms with Crippen molar-refractivity contribution in [3.8, 4) is 0 Å². The number of rotatable bonds is 6. The third kappa shape index (κ3) is 4.81. The Morgan fingerprint density at radius 1 is 1.13 bits per heavy atom. The first kappa shape index (κ1) is 20.8. The highest BCUT2D eigenvalue weighted by Crippen LogP contribution is 2.29. The number of H-pyrrole nitrogens is 1. The number of thioether (sulfide) groups is 1. The van der Waals surface area contributed by atoms with E-state index in [1.54, 1.807) is 36.4 Å². The number of methoxy groups -OCH3 is 1. The topological polar surface area (TPSA) is 114 Å². The van der Waals surface area contributed by atoms with Crippen LogP contribution in [0.5, 0.6) is 0 Å². The van der Waals surface area contributed by atoms with Crippen LogP contribution in [0.2, 0.25) is 0 Å². The fourth-order valence-electron chi connectivity index (χ4n) is 2.88. The Morgan fingerprint density at radius 2 is 1.90 bits per heavy atom. The number of anilines is 1. The zero-order chi connectivity index (χ0) is 21.8. The lowest BCUT2D eigenvalue weighted by atomic mass is 10.1. The molecule has 0 radical (unpaired) electrons. The Kier molecular flexibility index (Phi) is 6.10. The van der Waals surface area contributed by atoms with E-state index in [2.05, 4.69) is 25.2 Å². The van der Waals surface area contributed by atoms with E-state index in [-0.39, 0.29) is 17.1 Å². The second kappa shape index (κ2) is 9.11. The number of hydrogen-bond donors (Lipinski definition) is 2. The number of carbonyl (C=O) groups excluding carboxylic acids is 2. The number of esters is 1. The van der Waals surface area contributed by atoms with E-state index in [9.17, 15) is 14.4 Å². The van der Waals surface area contributed by atoms with Crippen LogP contribution in [-0.2, 0) is 10.5 Å². The molecule has 10 heteroatoms. The van der Waals surface area contributed by atoms with Gasteiger partial charge in [-0.3, -0.25) is 14.9 Å². The smallest absolute Gasteiger partial charge is 0.337 e. The average Bonchev–Trinajstić information content (AvgIpc) is 3.24. The van der Waals surface area contributed by atoms with Crippen molar-refractivity contribution < 1.29 is 14.3 Å². The summed E-state index contributed by atoms with van der Waals surface area (Å²) in [4.78, 5) is 38.8. The number of ether oxygens (including phenoxy) is 1. The van der Waals surface area contributed by atoms with E-state index in [4.69, 9.17) is 0 Å². The molecule has 31 heavy (non-hydrogen) atoms. The zero-order valence-corrected chi connectivity index (χ0v) is 17.9. The molecule has 2 N–H and O–H groups in total. The van der Waals surface area contributed by atoms with Gasteiger partial charge in [-0.25, -0.2) is 4.79 Å². The zero-order valence-electron chi connectivity index (χ0n) is 16.2. The molecule has 4 aromatic rings. The molecule has 2 heterocycles. The SMILES string of the molecule is COC(=O)c1ccc(CSc2nnc(NC(=O)c3cc(=O)[nH]c4ccccc34)s2)cc1. The highest BCUT2D eigenvalue weighted by Gasteiger charge is 2.15. The van der Waals surface area contributed by atoms with Crippen molar-refractivity contribution in [2.75, 3.05) is 12.4 Å². The van der Waals surface area contributed by atoms with E-state index < -0.39 is 5.91 Å². The molecule has 0 fully saturated rings. The van der Waals surface area contributed by atoms with Crippen LogP contribution in [0.4, 0.5) is 5.13 Å². The van der Waals surface area contributed by atoms with Crippen molar-refractivity contribution in [2.45, 2.75) is 10.1 Å². The van der Waals surface area contributed by atoms with E-state index in [0.29, 0.717) is 31.7 Å². The largest absolute Gasteiger partial charge is 0.465 e. The Bertz CT molecular complexity index is 1310. The number of benzene rings is 2. The maximum Gasteiger partial charge on any atom is 0.337 e. The van der Waals surface area contributed by atoms with Gasteiger partial charge in [0.2, 0.25) is 10.7 Å². The number of fused-ring (bicyclic) bond motifs is 1. The molecule has 0 atom stereocenters. The van der Waals surface area contributed by atoms with Crippen LogP contribution in [0.25, 0.3) is 10.9 Å². The summed E-state index contributed by atoms with van der Waals surface area (Å²) in [5.41, 5.74) is 2.01. The summed E-state index contributed by atoms with van der Waals surface area (Å²) in [5.74, 6) is -0.173. The molecule has 0 aliphatic heterocycles. The molecule has 0 aliphatic carbocycles. The highest BCUT2D eigenvalue weighted by molar-refractivity contribution is 8.00. The third-order valence-corrected chi connectivity index (χ3v) is 6.40. The quantitative estimate of drug-likeness (QED) is 0.260. The van der Waals surface area contributed by atoms with Crippen molar-refractivity contribution in [2.24, 2.45) is 0 Å². The van der Waals surface area contributed by atoms with Crippen LogP contribution in [0.15, 0.2) is 63.7 Å². The van der Waals surface area contributed by atoms with Crippen molar-refractivity contribution in [3.05, 3.63) is 81.6 Å². The summed E-state index contributed by atoms with van der Waals surface area (Å²) in [6.07, 6.45) is 0. The van der Waals surface area contributed by atoms with Gasteiger partial charge < -0.3 is 9.72 Å². The minimum atomic E-state index is -0.423. The van der Waals surface area contributed by atoms with Gasteiger partial charge in [-0.15, -0.1) is 10.2 Å². The minimum absolute atomic E-state index is 0.273. The van der Waals surface area contributed by atoms with Crippen molar-refractivity contribution in [1.29, 1.82) is 0 Å². The molecule has 0 saturated carbocycles. The van der Waals surface area contributed by atoms with Crippen LogP contribution in [0.3, 0.4) is 0 Å². The van der Waals surface area contributed by atoms with Crippen LogP contribution < -0.4 is 10.9 Å². The molecule has 0 unspecified atom stereocenters. The first-order valence-corrected chi connectivity index (χ1v) is 10.9. The molecule has 156 valence electrons. The fourth-order valence-corrected chi connectivity index (χ4v) is 4.58. The first-order chi connectivity index (χ1) is 15.0. The molecule has 0 bridgehead atoms. The maximum absolute atomic E-state index is 12.7. The summed E-state index contributed by atoms with van der Waals surface area (Å²) >= 11 is 2.71. The molecule has 4 rings (SSSR count). The molecular weight excluding hydrogens is 436 g/mol. The van der Waals surface area contributed by atoms with Gasteiger partial charge in [0.05, 0.1) is 18.2 Å².